The van der Waals surface area contributed by atoms with Crippen molar-refractivity contribution in [2.24, 2.45) is 11.3 Å². The van der Waals surface area contributed by atoms with Crippen LogP contribution >= 0.6 is 0 Å². The van der Waals surface area contributed by atoms with Crippen LogP contribution in [0.5, 0.6) is 0 Å². The Labute approximate surface area is 129 Å². The molecule has 0 aliphatic rings. The molecule has 0 bridgehead atoms. The molecule has 2 aromatic carbocycles. The van der Waals surface area contributed by atoms with Gasteiger partial charge in [0.25, 0.3) is 0 Å². The highest BCUT2D eigenvalue weighted by molar-refractivity contribution is 5.31. The lowest BCUT2D eigenvalue weighted by Gasteiger charge is -2.32. The summed E-state index contributed by atoms with van der Waals surface area (Å²) in [5.74, 6) is 0.650. The lowest BCUT2D eigenvalue weighted by molar-refractivity contribution is 0.232. The highest BCUT2D eigenvalue weighted by atomic mass is 14.9. The predicted octanol–water partition coefficient (Wildman–Crippen LogP) is 5.05. The van der Waals surface area contributed by atoms with Crippen molar-refractivity contribution in [3.63, 3.8) is 0 Å². The first kappa shape index (κ1) is 15.8. The van der Waals surface area contributed by atoms with Gasteiger partial charge in [0.2, 0.25) is 0 Å². The van der Waals surface area contributed by atoms with E-state index in [1.54, 1.807) is 0 Å². The molecular weight excluding hydrogens is 254 g/mol. The molecular formula is C20H27N. The van der Waals surface area contributed by atoms with Gasteiger partial charge in [-0.15, -0.1) is 0 Å². The molecule has 0 aromatic heterocycles. The van der Waals surface area contributed by atoms with Crippen molar-refractivity contribution in [2.45, 2.75) is 33.7 Å². The zero-order chi connectivity index (χ0) is 15.3. The van der Waals surface area contributed by atoms with E-state index >= 15 is 0 Å². The quantitative estimate of drug-likeness (QED) is 0.781. The van der Waals surface area contributed by atoms with Crippen molar-refractivity contribution in [1.82, 2.24) is 5.32 Å². The summed E-state index contributed by atoms with van der Waals surface area (Å²) in [6, 6.07) is 21.7. The van der Waals surface area contributed by atoms with Crippen LogP contribution in [0.25, 0.3) is 0 Å². The van der Waals surface area contributed by atoms with E-state index in [1.165, 1.54) is 11.1 Å². The topological polar surface area (TPSA) is 12.0 Å². The van der Waals surface area contributed by atoms with Crippen molar-refractivity contribution < 1.29 is 0 Å². The molecule has 0 aliphatic heterocycles. The number of hydrogen-bond acceptors (Lipinski definition) is 1. The van der Waals surface area contributed by atoms with Crippen LogP contribution in [0.15, 0.2) is 60.7 Å². The Kier molecular flexibility index (Phi) is 5.19. The van der Waals surface area contributed by atoms with Crippen LogP contribution in [0.3, 0.4) is 0 Å². The summed E-state index contributed by atoms with van der Waals surface area (Å²) in [7, 11) is 0. The van der Waals surface area contributed by atoms with Gasteiger partial charge < -0.3 is 5.32 Å². The van der Waals surface area contributed by atoms with Gasteiger partial charge in [0.1, 0.15) is 0 Å². The molecule has 0 fully saturated rings. The molecule has 0 amide bonds. The third-order valence-corrected chi connectivity index (χ3v) is 4.59. The molecule has 0 atom stereocenters. The maximum absolute atomic E-state index is 3.77. The second-order valence-corrected chi connectivity index (χ2v) is 6.78. The molecule has 0 unspecified atom stereocenters. The molecule has 0 saturated heterocycles. The Morgan fingerprint density at radius 3 is 1.62 bits per heavy atom. The number of hydrogen-bond donors (Lipinski definition) is 1. The zero-order valence-electron chi connectivity index (χ0n) is 13.6. The molecule has 0 saturated carbocycles. The molecule has 0 radical (unpaired) electrons. The molecule has 1 heteroatoms. The van der Waals surface area contributed by atoms with Crippen LogP contribution in [0, 0.1) is 11.3 Å². The summed E-state index contributed by atoms with van der Waals surface area (Å²) in [5.41, 5.74) is 2.92. The van der Waals surface area contributed by atoms with Gasteiger partial charge in [0.05, 0.1) is 6.04 Å². The molecule has 1 nitrogen and oxygen atoms in total. The summed E-state index contributed by atoms with van der Waals surface area (Å²) in [5, 5.41) is 3.77. The minimum atomic E-state index is 0.255. The number of benzene rings is 2. The maximum Gasteiger partial charge on any atom is 0.0576 e. The van der Waals surface area contributed by atoms with E-state index in [2.05, 4.69) is 93.7 Å². The lowest BCUT2D eigenvalue weighted by Crippen LogP contribution is -2.36. The van der Waals surface area contributed by atoms with E-state index in [0.717, 1.165) is 6.54 Å². The van der Waals surface area contributed by atoms with Crippen molar-refractivity contribution in [3.8, 4) is 0 Å². The van der Waals surface area contributed by atoms with Gasteiger partial charge in [0, 0.05) is 6.54 Å². The molecule has 2 aromatic rings. The first-order valence-corrected chi connectivity index (χ1v) is 7.84. The van der Waals surface area contributed by atoms with Crippen LogP contribution in [0.2, 0.25) is 0 Å². The van der Waals surface area contributed by atoms with E-state index in [4.69, 9.17) is 0 Å². The molecule has 21 heavy (non-hydrogen) atoms. The van der Waals surface area contributed by atoms with E-state index in [-0.39, 0.29) is 11.5 Å². The molecule has 0 aliphatic carbocycles. The van der Waals surface area contributed by atoms with Gasteiger partial charge in [-0.1, -0.05) is 88.4 Å². The summed E-state index contributed by atoms with van der Waals surface area (Å²) in [6.45, 7) is 10.2. The van der Waals surface area contributed by atoms with Crippen LogP contribution in [0.4, 0.5) is 0 Å². The standard InChI is InChI=1S/C20H27N/c1-16(2)20(3,4)15-21-19(17-11-7-5-8-12-17)18-13-9-6-10-14-18/h5-14,16,19,21H,15H2,1-4H3. The Bertz CT molecular complexity index is 489. The molecule has 0 spiro atoms. The van der Waals surface area contributed by atoms with Crippen LogP contribution in [-0.4, -0.2) is 6.54 Å². The third kappa shape index (κ3) is 4.18. The summed E-state index contributed by atoms with van der Waals surface area (Å²) < 4.78 is 0. The SMILES string of the molecule is CC(C)C(C)(C)CNC(c1ccccc1)c1ccccc1. The fourth-order valence-corrected chi connectivity index (χ4v) is 2.29. The van der Waals surface area contributed by atoms with Gasteiger partial charge in [-0.05, 0) is 22.5 Å². The second-order valence-electron chi connectivity index (χ2n) is 6.78. The van der Waals surface area contributed by atoms with Crippen molar-refractivity contribution in [3.05, 3.63) is 71.8 Å². The van der Waals surface area contributed by atoms with Crippen molar-refractivity contribution >= 4 is 0 Å². The largest absolute Gasteiger partial charge is 0.306 e. The average molecular weight is 281 g/mol. The smallest absolute Gasteiger partial charge is 0.0576 e. The minimum absolute atomic E-state index is 0.255. The predicted molar refractivity (Wildman–Crippen MR) is 91.3 cm³/mol. The summed E-state index contributed by atoms with van der Waals surface area (Å²) in [4.78, 5) is 0. The van der Waals surface area contributed by atoms with Gasteiger partial charge in [-0.2, -0.15) is 0 Å². The fourth-order valence-electron chi connectivity index (χ4n) is 2.29. The Hall–Kier alpha value is -1.60. The highest BCUT2D eigenvalue weighted by Crippen LogP contribution is 2.28. The maximum atomic E-state index is 3.77. The van der Waals surface area contributed by atoms with Crippen molar-refractivity contribution in [2.75, 3.05) is 6.54 Å². The summed E-state index contributed by atoms with van der Waals surface area (Å²) >= 11 is 0. The Morgan fingerprint density at radius 1 is 0.810 bits per heavy atom. The number of rotatable bonds is 6. The first-order valence-electron chi connectivity index (χ1n) is 7.84. The number of nitrogens with one attached hydrogen (secondary N) is 1. The van der Waals surface area contributed by atoms with Gasteiger partial charge in [0.15, 0.2) is 0 Å². The first-order chi connectivity index (χ1) is 10.0. The van der Waals surface area contributed by atoms with Gasteiger partial charge >= 0.3 is 0 Å². The van der Waals surface area contributed by atoms with Crippen LogP contribution in [0.1, 0.15) is 44.9 Å². The molecule has 112 valence electrons. The highest BCUT2D eigenvalue weighted by Gasteiger charge is 2.24. The second kappa shape index (κ2) is 6.91. The van der Waals surface area contributed by atoms with E-state index in [1.807, 2.05) is 0 Å². The monoisotopic (exact) mass is 281 g/mol. The average Bonchev–Trinajstić information content (AvgIpc) is 2.49. The summed E-state index contributed by atoms with van der Waals surface area (Å²) in [6.07, 6.45) is 0. The van der Waals surface area contributed by atoms with E-state index in [0.29, 0.717) is 5.92 Å². The van der Waals surface area contributed by atoms with Crippen molar-refractivity contribution in [1.29, 1.82) is 0 Å². The molecule has 1 N–H and O–H groups in total. The van der Waals surface area contributed by atoms with E-state index < -0.39 is 0 Å². The van der Waals surface area contributed by atoms with Crippen LogP contribution in [-0.2, 0) is 0 Å². The third-order valence-electron chi connectivity index (χ3n) is 4.59. The van der Waals surface area contributed by atoms with Gasteiger partial charge in [-0.25, -0.2) is 0 Å². The van der Waals surface area contributed by atoms with Crippen LogP contribution < -0.4 is 5.32 Å². The fraction of sp³-hybridized carbons (Fsp3) is 0.400. The van der Waals surface area contributed by atoms with E-state index in [9.17, 15) is 0 Å². The zero-order valence-corrected chi connectivity index (χ0v) is 13.6. The van der Waals surface area contributed by atoms with Gasteiger partial charge in [-0.3, -0.25) is 0 Å². The lowest BCUT2D eigenvalue weighted by atomic mass is 9.80. The normalized spacial score (nSPS) is 12.1. The Morgan fingerprint density at radius 2 is 1.24 bits per heavy atom. The Balaban J connectivity index is 2.22. The minimum Gasteiger partial charge on any atom is -0.306 e. The molecule has 0 heterocycles. The molecule has 2 rings (SSSR count).